The van der Waals surface area contributed by atoms with Gasteiger partial charge in [-0.15, -0.1) is 0 Å². The maximum absolute atomic E-state index is 10.7. The second kappa shape index (κ2) is 6.29. The van der Waals surface area contributed by atoms with Crippen LogP contribution in [0.1, 0.15) is 12.0 Å². The topological polar surface area (TPSA) is 43.8 Å². The van der Waals surface area contributed by atoms with Crippen molar-refractivity contribution in [3.63, 3.8) is 0 Å². The van der Waals surface area contributed by atoms with E-state index in [0.717, 1.165) is 36.8 Å². The minimum Gasteiger partial charge on any atom is -0.478 e. The third-order valence-corrected chi connectivity index (χ3v) is 3.94. The fourth-order valence-corrected chi connectivity index (χ4v) is 2.83. The number of carboxylic acids is 1. The molecule has 1 aliphatic heterocycles. The van der Waals surface area contributed by atoms with Gasteiger partial charge in [0.15, 0.2) is 0 Å². The van der Waals surface area contributed by atoms with Gasteiger partial charge in [0.2, 0.25) is 0 Å². The van der Waals surface area contributed by atoms with E-state index in [2.05, 4.69) is 23.9 Å². The van der Waals surface area contributed by atoms with E-state index in [1.807, 2.05) is 18.2 Å². The van der Waals surface area contributed by atoms with E-state index in [9.17, 15) is 4.79 Å². The number of nitrogens with zero attached hydrogens (tertiary/aromatic N) is 2. The molecule has 1 N–H and O–H groups in total. The van der Waals surface area contributed by atoms with Gasteiger partial charge < -0.3 is 14.9 Å². The van der Waals surface area contributed by atoms with Crippen molar-refractivity contribution >= 4 is 29.3 Å². The van der Waals surface area contributed by atoms with Crippen molar-refractivity contribution < 1.29 is 9.90 Å². The highest BCUT2D eigenvalue weighted by Crippen LogP contribution is 2.33. The van der Waals surface area contributed by atoms with Crippen LogP contribution in [0.25, 0.3) is 6.08 Å². The van der Waals surface area contributed by atoms with Crippen LogP contribution in [0.4, 0.5) is 5.69 Å². The summed E-state index contributed by atoms with van der Waals surface area (Å²) in [6, 6.07) is 6.08. The minimum atomic E-state index is -0.955. The van der Waals surface area contributed by atoms with Gasteiger partial charge in [-0.05, 0) is 38.2 Å². The van der Waals surface area contributed by atoms with Crippen LogP contribution in [0, 0.1) is 0 Å². The van der Waals surface area contributed by atoms with Crippen LogP contribution in [0.15, 0.2) is 24.3 Å². The van der Waals surface area contributed by atoms with Crippen LogP contribution in [-0.2, 0) is 4.79 Å². The van der Waals surface area contributed by atoms with E-state index in [1.54, 1.807) is 6.08 Å². The first kappa shape index (κ1) is 14.9. The Morgan fingerprint density at radius 1 is 1.50 bits per heavy atom. The predicted molar refractivity (Wildman–Crippen MR) is 82.4 cm³/mol. The molecule has 0 aromatic heterocycles. The normalized spacial score (nSPS) is 19.2. The summed E-state index contributed by atoms with van der Waals surface area (Å²) >= 11 is 6.32. The number of anilines is 1. The maximum atomic E-state index is 10.7. The van der Waals surface area contributed by atoms with Crippen LogP contribution in [0.2, 0.25) is 5.02 Å². The van der Waals surface area contributed by atoms with Crippen LogP contribution >= 0.6 is 11.6 Å². The second-order valence-corrected chi connectivity index (χ2v) is 5.61. The van der Waals surface area contributed by atoms with Gasteiger partial charge in [-0.3, -0.25) is 0 Å². The summed E-state index contributed by atoms with van der Waals surface area (Å²) in [6.45, 7) is 1.84. The standard InChI is InChI=1S/C15H19ClN2O2/c1-17(2)12-8-9-18(10-12)15-11(6-7-14(19)20)4-3-5-13(15)16/h3-7,12H,8-10H2,1-2H3,(H,19,20)/b7-6+. The number of para-hydroxylation sites is 1. The van der Waals surface area contributed by atoms with E-state index in [4.69, 9.17) is 16.7 Å². The molecule has 1 unspecified atom stereocenters. The molecule has 0 radical (unpaired) electrons. The molecule has 20 heavy (non-hydrogen) atoms. The first-order valence-electron chi connectivity index (χ1n) is 6.60. The summed E-state index contributed by atoms with van der Waals surface area (Å²) in [5.74, 6) is -0.955. The van der Waals surface area contributed by atoms with Gasteiger partial charge in [0.05, 0.1) is 10.7 Å². The predicted octanol–water partition coefficient (Wildman–Crippen LogP) is 2.58. The molecule has 1 aromatic carbocycles. The Kier molecular flexibility index (Phi) is 4.68. The number of benzene rings is 1. The molecule has 1 saturated heterocycles. The van der Waals surface area contributed by atoms with Gasteiger partial charge in [0.1, 0.15) is 0 Å². The quantitative estimate of drug-likeness (QED) is 0.867. The third kappa shape index (κ3) is 3.32. The summed E-state index contributed by atoms with van der Waals surface area (Å²) in [4.78, 5) is 15.1. The Balaban J connectivity index is 2.29. The highest BCUT2D eigenvalue weighted by Gasteiger charge is 2.26. The first-order chi connectivity index (χ1) is 9.49. The zero-order chi connectivity index (χ0) is 14.7. The highest BCUT2D eigenvalue weighted by atomic mass is 35.5. The Morgan fingerprint density at radius 2 is 2.25 bits per heavy atom. The van der Waals surface area contributed by atoms with Crippen molar-refractivity contribution in [3.05, 3.63) is 34.9 Å². The molecule has 1 heterocycles. The summed E-state index contributed by atoms with van der Waals surface area (Å²) < 4.78 is 0. The smallest absolute Gasteiger partial charge is 0.328 e. The number of likely N-dealkylation sites (N-methyl/N-ethyl adjacent to an activating group) is 1. The number of hydrogen-bond donors (Lipinski definition) is 1. The van der Waals surface area contributed by atoms with E-state index in [1.165, 1.54) is 0 Å². The van der Waals surface area contributed by atoms with Crippen molar-refractivity contribution in [1.82, 2.24) is 4.90 Å². The third-order valence-electron chi connectivity index (χ3n) is 3.63. The monoisotopic (exact) mass is 294 g/mol. The number of rotatable bonds is 4. The molecule has 0 spiro atoms. The SMILES string of the molecule is CN(C)C1CCN(c2c(Cl)cccc2/C=C/C(=O)O)C1. The molecule has 2 rings (SSSR count). The van der Waals surface area contributed by atoms with Crippen LogP contribution in [0.5, 0.6) is 0 Å². The van der Waals surface area contributed by atoms with Crippen molar-refractivity contribution in [3.8, 4) is 0 Å². The highest BCUT2D eigenvalue weighted by molar-refractivity contribution is 6.33. The summed E-state index contributed by atoms with van der Waals surface area (Å²) in [6.07, 6.45) is 3.83. The van der Waals surface area contributed by atoms with Gasteiger partial charge >= 0.3 is 5.97 Å². The molecule has 1 aliphatic rings. The van der Waals surface area contributed by atoms with Crippen molar-refractivity contribution in [1.29, 1.82) is 0 Å². The zero-order valence-corrected chi connectivity index (χ0v) is 12.5. The second-order valence-electron chi connectivity index (χ2n) is 5.20. The molecular weight excluding hydrogens is 276 g/mol. The van der Waals surface area contributed by atoms with Crippen molar-refractivity contribution in [2.75, 3.05) is 32.1 Å². The average molecular weight is 295 g/mol. The van der Waals surface area contributed by atoms with Gasteiger partial charge in [-0.1, -0.05) is 23.7 Å². The van der Waals surface area contributed by atoms with Crippen molar-refractivity contribution in [2.45, 2.75) is 12.5 Å². The van der Waals surface area contributed by atoms with E-state index in [-0.39, 0.29) is 0 Å². The summed E-state index contributed by atoms with van der Waals surface area (Å²) in [5.41, 5.74) is 1.77. The summed E-state index contributed by atoms with van der Waals surface area (Å²) in [7, 11) is 4.15. The molecule has 0 amide bonds. The molecular formula is C15H19ClN2O2. The van der Waals surface area contributed by atoms with Crippen LogP contribution in [-0.4, -0.2) is 49.2 Å². The Hall–Kier alpha value is -1.52. The van der Waals surface area contributed by atoms with E-state index < -0.39 is 5.97 Å². The molecule has 1 fully saturated rings. The molecule has 0 aliphatic carbocycles. The molecule has 4 nitrogen and oxygen atoms in total. The average Bonchev–Trinajstić information content (AvgIpc) is 2.85. The lowest BCUT2D eigenvalue weighted by atomic mass is 10.1. The molecule has 0 saturated carbocycles. The molecule has 1 atom stereocenters. The van der Waals surface area contributed by atoms with E-state index >= 15 is 0 Å². The first-order valence-corrected chi connectivity index (χ1v) is 6.97. The van der Waals surface area contributed by atoms with Gasteiger partial charge in [-0.25, -0.2) is 4.79 Å². The molecule has 0 bridgehead atoms. The number of aliphatic carboxylic acids is 1. The molecule has 5 heteroatoms. The van der Waals surface area contributed by atoms with Gasteiger partial charge in [0, 0.05) is 25.2 Å². The van der Waals surface area contributed by atoms with Gasteiger partial charge in [-0.2, -0.15) is 0 Å². The minimum absolute atomic E-state index is 0.502. The summed E-state index contributed by atoms with van der Waals surface area (Å²) in [5, 5.41) is 9.44. The Labute approximate surface area is 124 Å². The van der Waals surface area contributed by atoms with Gasteiger partial charge in [0.25, 0.3) is 0 Å². The molecule has 108 valence electrons. The Morgan fingerprint density at radius 3 is 2.85 bits per heavy atom. The zero-order valence-electron chi connectivity index (χ0n) is 11.7. The van der Waals surface area contributed by atoms with Crippen LogP contribution in [0.3, 0.4) is 0 Å². The fraction of sp³-hybridized carbons (Fsp3) is 0.400. The molecule has 1 aromatic rings. The lowest BCUT2D eigenvalue weighted by Crippen LogP contribution is -2.31. The lowest BCUT2D eigenvalue weighted by molar-refractivity contribution is -0.131. The Bertz CT molecular complexity index is 529. The number of carbonyl (C=O) groups is 1. The maximum Gasteiger partial charge on any atom is 0.328 e. The van der Waals surface area contributed by atoms with E-state index in [0.29, 0.717) is 11.1 Å². The van der Waals surface area contributed by atoms with Crippen LogP contribution < -0.4 is 4.90 Å². The fourth-order valence-electron chi connectivity index (χ4n) is 2.53. The number of hydrogen-bond acceptors (Lipinski definition) is 3. The van der Waals surface area contributed by atoms with Crippen molar-refractivity contribution in [2.24, 2.45) is 0 Å². The largest absolute Gasteiger partial charge is 0.478 e. The number of carboxylic acid groups (broad SMARTS) is 1. The lowest BCUT2D eigenvalue weighted by Gasteiger charge is -2.24. The number of halogens is 1.